The lowest BCUT2D eigenvalue weighted by Gasteiger charge is -2.26. The Morgan fingerprint density at radius 1 is 1.08 bits per heavy atom. The number of rotatable bonds is 1. The highest BCUT2D eigenvalue weighted by atomic mass is 16.1. The van der Waals surface area contributed by atoms with E-state index in [1.807, 2.05) is 0 Å². The van der Waals surface area contributed by atoms with Gasteiger partial charge in [-0.05, 0) is 44.4 Å². The van der Waals surface area contributed by atoms with Gasteiger partial charge in [-0.1, -0.05) is 11.6 Å². The maximum absolute atomic E-state index is 11.1. The van der Waals surface area contributed by atoms with Gasteiger partial charge in [0.2, 0.25) is 0 Å². The van der Waals surface area contributed by atoms with E-state index in [0.717, 1.165) is 31.6 Å². The van der Waals surface area contributed by atoms with Crippen molar-refractivity contribution in [2.45, 2.75) is 51.4 Å². The normalized spacial score (nSPS) is 25.8. The molecule has 0 radical (unpaired) electrons. The summed E-state index contributed by atoms with van der Waals surface area (Å²) < 4.78 is 0. The van der Waals surface area contributed by atoms with Gasteiger partial charge < -0.3 is 0 Å². The Balaban J connectivity index is 1.93. The van der Waals surface area contributed by atoms with Gasteiger partial charge >= 0.3 is 0 Å². The van der Waals surface area contributed by atoms with E-state index in [2.05, 4.69) is 6.08 Å². The first kappa shape index (κ1) is 8.98. The number of carbonyl (C=O) groups excluding carboxylic acids is 1. The number of ketones is 1. The number of Topliss-reactive ketones (excluding diaryl/α,β-unsaturated/α-hetero) is 1. The predicted octanol–water partition coefficient (Wildman–Crippen LogP) is 3.25. The summed E-state index contributed by atoms with van der Waals surface area (Å²) in [7, 11) is 0. The van der Waals surface area contributed by atoms with Crippen LogP contribution in [0.2, 0.25) is 0 Å². The summed E-state index contributed by atoms with van der Waals surface area (Å²) in [6, 6.07) is 0. The van der Waals surface area contributed by atoms with Crippen molar-refractivity contribution in [2.24, 2.45) is 5.92 Å². The van der Waals surface area contributed by atoms with Crippen LogP contribution in [0.15, 0.2) is 11.6 Å². The fourth-order valence-electron chi connectivity index (χ4n) is 2.54. The van der Waals surface area contributed by atoms with Gasteiger partial charge in [0.05, 0.1) is 0 Å². The summed E-state index contributed by atoms with van der Waals surface area (Å²) in [5.41, 5.74) is 1.67. The third-order valence-corrected chi connectivity index (χ3v) is 3.39. The van der Waals surface area contributed by atoms with Crippen LogP contribution in [0.5, 0.6) is 0 Å². The van der Waals surface area contributed by atoms with Crippen LogP contribution in [0, 0.1) is 5.92 Å². The second-order valence-electron chi connectivity index (χ2n) is 4.34. The standard InChI is InChI=1S/C12H18O/c13-12-8-6-11(7-9-12)10-4-2-1-3-5-10/h4,11H,1-3,5-9H2. The van der Waals surface area contributed by atoms with E-state index in [4.69, 9.17) is 0 Å². The molecule has 0 bridgehead atoms. The molecule has 0 unspecified atom stereocenters. The summed E-state index contributed by atoms with van der Waals surface area (Å²) in [6.07, 6.45) is 11.7. The topological polar surface area (TPSA) is 17.1 Å². The van der Waals surface area contributed by atoms with Gasteiger partial charge in [0.25, 0.3) is 0 Å². The van der Waals surface area contributed by atoms with Crippen molar-refractivity contribution in [2.75, 3.05) is 0 Å². The number of carbonyl (C=O) groups is 1. The average molecular weight is 178 g/mol. The summed E-state index contributed by atoms with van der Waals surface area (Å²) in [6.45, 7) is 0. The quantitative estimate of drug-likeness (QED) is 0.563. The van der Waals surface area contributed by atoms with Crippen molar-refractivity contribution >= 4 is 5.78 Å². The highest BCUT2D eigenvalue weighted by molar-refractivity contribution is 5.79. The van der Waals surface area contributed by atoms with E-state index in [9.17, 15) is 4.79 Å². The van der Waals surface area contributed by atoms with Crippen molar-refractivity contribution in [1.29, 1.82) is 0 Å². The summed E-state index contributed by atoms with van der Waals surface area (Å²) in [4.78, 5) is 11.1. The van der Waals surface area contributed by atoms with Gasteiger partial charge in [0.15, 0.2) is 0 Å². The molecule has 1 fully saturated rings. The molecule has 0 aromatic heterocycles. The van der Waals surface area contributed by atoms with Gasteiger partial charge in [0.1, 0.15) is 5.78 Å². The summed E-state index contributed by atoms with van der Waals surface area (Å²) in [5, 5.41) is 0. The minimum Gasteiger partial charge on any atom is -0.300 e. The first-order valence-electron chi connectivity index (χ1n) is 5.57. The molecule has 0 spiro atoms. The molecule has 1 heteroatoms. The van der Waals surface area contributed by atoms with Crippen LogP contribution in [0.3, 0.4) is 0 Å². The van der Waals surface area contributed by atoms with Crippen molar-refractivity contribution in [3.8, 4) is 0 Å². The van der Waals surface area contributed by atoms with E-state index in [0.29, 0.717) is 5.78 Å². The molecule has 2 aliphatic rings. The third-order valence-electron chi connectivity index (χ3n) is 3.39. The van der Waals surface area contributed by atoms with E-state index in [1.54, 1.807) is 5.57 Å². The molecule has 0 aromatic rings. The smallest absolute Gasteiger partial charge is 0.132 e. The molecule has 0 atom stereocenters. The monoisotopic (exact) mass is 178 g/mol. The molecule has 0 saturated heterocycles. The Bertz CT molecular complexity index is 217. The number of hydrogen-bond donors (Lipinski definition) is 0. The maximum atomic E-state index is 11.1. The molecule has 0 aliphatic heterocycles. The highest BCUT2D eigenvalue weighted by Gasteiger charge is 2.22. The Kier molecular flexibility index (Phi) is 2.82. The summed E-state index contributed by atoms with van der Waals surface area (Å²) >= 11 is 0. The van der Waals surface area contributed by atoms with Crippen molar-refractivity contribution in [3.05, 3.63) is 11.6 Å². The minimum atomic E-state index is 0.479. The Hall–Kier alpha value is -0.590. The molecule has 13 heavy (non-hydrogen) atoms. The van der Waals surface area contributed by atoms with Gasteiger partial charge in [-0.25, -0.2) is 0 Å². The second-order valence-corrected chi connectivity index (χ2v) is 4.34. The molecule has 2 aliphatic carbocycles. The Morgan fingerprint density at radius 2 is 1.85 bits per heavy atom. The molecule has 1 saturated carbocycles. The van der Waals surface area contributed by atoms with E-state index in [-0.39, 0.29) is 0 Å². The number of hydrogen-bond acceptors (Lipinski definition) is 1. The van der Waals surface area contributed by atoms with Gasteiger partial charge in [0, 0.05) is 12.8 Å². The van der Waals surface area contributed by atoms with E-state index in [1.165, 1.54) is 25.7 Å². The molecule has 0 heterocycles. The first-order chi connectivity index (χ1) is 6.36. The molecule has 0 N–H and O–H groups in total. The number of allylic oxidation sites excluding steroid dienone is 2. The van der Waals surface area contributed by atoms with E-state index >= 15 is 0 Å². The van der Waals surface area contributed by atoms with Crippen molar-refractivity contribution in [3.63, 3.8) is 0 Å². The van der Waals surface area contributed by atoms with Crippen LogP contribution in [0.1, 0.15) is 51.4 Å². The second kappa shape index (κ2) is 4.08. The van der Waals surface area contributed by atoms with Crippen LogP contribution in [-0.4, -0.2) is 5.78 Å². The average Bonchev–Trinajstić information content (AvgIpc) is 2.20. The first-order valence-corrected chi connectivity index (χ1v) is 5.57. The fourth-order valence-corrected chi connectivity index (χ4v) is 2.54. The van der Waals surface area contributed by atoms with Crippen LogP contribution < -0.4 is 0 Å². The third kappa shape index (κ3) is 2.20. The van der Waals surface area contributed by atoms with Crippen molar-refractivity contribution < 1.29 is 4.79 Å². The van der Waals surface area contributed by atoms with Crippen LogP contribution in [-0.2, 0) is 4.79 Å². The van der Waals surface area contributed by atoms with Crippen LogP contribution in [0.25, 0.3) is 0 Å². The zero-order chi connectivity index (χ0) is 9.10. The van der Waals surface area contributed by atoms with Gasteiger partial charge in [-0.15, -0.1) is 0 Å². The van der Waals surface area contributed by atoms with Crippen LogP contribution >= 0.6 is 0 Å². The van der Waals surface area contributed by atoms with E-state index < -0.39 is 0 Å². The zero-order valence-electron chi connectivity index (χ0n) is 8.22. The zero-order valence-corrected chi connectivity index (χ0v) is 8.22. The lowest BCUT2D eigenvalue weighted by Crippen LogP contribution is -2.16. The Labute approximate surface area is 80.2 Å². The fraction of sp³-hybridized carbons (Fsp3) is 0.750. The largest absolute Gasteiger partial charge is 0.300 e. The molecule has 72 valence electrons. The molecule has 0 amide bonds. The predicted molar refractivity (Wildman–Crippen MR) is 53.5 cm³/mol. The molecule has 2 rings (SSSR count). The van der Waals surface area contributed by atoms with Crippen LogP contribution in [0.4, 0.5) is 0 Å². The van der Waals surface area contributed by atoms with Gasteiger partial charge in [-0.2, -0.15) is 0 Å². The summed E-state index contributed by atoms with van der Waals surface area (Å²) in [5.74, 6) is 1.24. The molecule has 0 aromatic carbocycles. The maximum Gasteiger partial charge on any atom is 0.132 e. The lowest BCUT2D eigenvalue weighted by atomic mass is 9.79. The molecule has 1 nitrogen and oxygen atoms in total. The lowest BCUT2D eigenvalue weighted by molar-refractivity contribution is -0.120. The van der Waals surface area contributed by atoms with Gasteiger partial charge in [-0.3, -0.25) is 4.79 Å². The SMILES string of the molecule is O=C1CCC(C2=CCCCC2)CC1. The highest BCUT2D eigenvalue weighted by Crippen LogP contribution is 2.33. The Morgan fingerprint density at radius 3 is 2.46 bits per heavy atom. The molecular weight excluding hydrogens is 160 g/mol. The van der Waals surface area contributed by atoms with Crippen molar-refractivity contribution in [1.82, 2.24) is 0 Å². The minimum absolute atomic E-state index is 0.479. The molecular formula is C12H18O.